The molecule has 0 saturated carbocycles. The van der Waals surface area contributed by atoms with Gasteiger partial charge in [0.1, 0.15) is 0 Å². The number of carbonyl (C=O) groups is 1. The van der Waals surface area contributed by atoms with Crippen molar-refractivity contribution in [3.8, 4) is 0 Å². The minimum Gasteiger partial charge on any atom is -0.352 e. The Bertz CT molecular complexity index is 599. The molecule has 1 amide bonds. The van der Waals surface area contributed by atoms with Gasteiger partial charge in [-0.2, -0.15) is 5.10 Å². The number of carbonyl (C=O) groups excluding carboxylic acids is 1. The summed E-state index contributed by atoms with van der Waals surface area (Å²) in [6, 6.07) is 0. The number of nitrogens with one attached hydrogen (secondary N) is 1. The first-order valence-corrected chi connectivity index (χ1v) is 9.08. The smallest absolute Gasteiger partial charge is 0.243 e. The second-order valence-corrected chi connectivity index (χ2v) is 7.18. The van der Waals surface area contributed by atoms with Gasteiger partial charge in [-0.1, -0.05) is 5.57 Å². The average molecular weight is 332 g/mol. The van der Waals surface area contributed by atoms with Crippen LogP contribution in [0.5, 0.6) is 0 Å². The maximum absolute atomic E-state index is 11.8. The van der Waals surface area contributed by atoms with Crippen molar-refractivity contribution in [1.82, 2.24) is 20.0 Å². The van der Waals surface area contributed by atoms with E-state index in [0.29, 0.717) is 5.92 Å². The second-order valence-electron chi connectivity index (χ2n) is 7.18. The van der Waals surface area contributed by atoms with Crippen LogP contribution in [0, 0.1) is 19.8 Å². The Balaban J connectivity index is 1.90. The van der Waals surface area contributed by atoms with Crippen molar-refractivity contribution in [1.29, 1.82) is 0 Å². The second kappa shape index (κ2) is 8.47. The third-order valence-corrected chi connectivity index (χ3v) is 4.80. The molecule has 0 radical (unpaired) electrons. The summed E-state index contributed by atoms with van der Waals surface area (Å²) in [6.07, 6.45) is 4.06. The molecule has 1 N–H and O–H groups in total. The third-order valence-electron chi connectivity index (χ3n) is 4.80. The highest BCUT2D eigenvalue weighted by molar-refractivity contribution is 5.87. The molecule has 1 fully saturated rings. The van der Waals surface area contributed by atoms with Crippen LogP contribution in [0.15, 0.2) is 11.6 Å². The van der Waals surface area contributed by atoms with E-state index in [9.17, 15) is 4.79 Å². The van der Waals surface area contributed by atoms with E-state index in [1.807, 2.05) is 13.8 Å². The number of piperidine rings is 1. The van der Waals surface area contributed by atoms with E-state index in [2.05, 4.69) is 40.8 Å². The molecule has 24 heavy (non-hydrogen) atoms. The van der Waals surface area contributed by atoms with E-state index in [1.165, 1.54) is 24.1 Å². The molecule has 0 aromatic carbocycles. The Labute approximate surface area is 146 Å². The molecule has 0 spiro atoms. The fraction of sp³-hybridized carbons (Fsp3) is 0.684. The highest BCUT2D eigenvalue weighted by Gasteiger charge is 2.22. The Morgan fingerprint density at radius 2 is 2.12 bits per heavy atom. The molecule has 2 rings (SSSR count). The Hall–Kier alpha value is -1.62. The Kier molecular flexibility index (Phi) is 6.60. The lowest BCUT2D eigenvalue weighted by molar-refractivity contribution is -0.116. The fourth-order valence-corrected chi connectivity index (χ4v) is 3.51. The molecule has 1 aromatic heterocycles. The number of aromatic nitrogens is 2. The zero-order valence-electron chi connectivity index (χ0n) is 15.9. The molecule has 5 heteroatoms. The van der Waals surface area contributed by atoms with Gasteiger partial charge < -0.3 is 5.32 Å². The van der Waals surface area contributed by atoms with Crippen molar-refractivity contribution >= 4 is 5.91 Å². The number of amides is 1. The average Bonchev–Trinajstić information content (AvgIpc) is 2.80. The molecular weight excluding hydrogens is 300 g/mol. The van der Waals surface area contributed by atoms with Crippen LogP contribution in [0.3, 0.4) is 0 Å². The van der Waals surface area contributed by atoms with E-state index in [0.717, 1.165) is 44.0 Å². The lowest BCUT2D eigenvalue weighted by Gasteiger charge is -2.32. The van der Waals surface area contributed by atoms with Gasteiger partial charge >= 0.3 is 0 Å². The van der Waals surface area contributed by atoms with E-state index in [1.54, 1.807) is 6.08 Å². The fourth-order valence-electron chi connectivity index (χ4n) is 3.51. The number of rotatable bonds is 6. The molecule has 5 nitrogen and oxygen atoms in total. The first-order valence-electron chi connectivity index (χ1n) is 9.08. The van der Waals surface area contributed by atoms with Crippen molar-refractivity contribution in [2.45, 2.75) is 60.5 Å². The number of aryl methyl sites for hydroxylation is 2. The molecule has 2 heterocycles. The summed E-state index contributed by atoms with van der Waals surface area (Å²) in [5, 5.41) is 7.67. The highest BCUT2D eigenvalue weighted by atomic mass is 16.1. The van der Waals surface area contributed by atoms with Gasteiger partial charge in [0, 0.05) is 43.5 Å². The van der Waals surface area contributed by atoms with Crippen molar-refractivity contribution in [3.05, 3.63) is 28.6 Å². The monoisotopic (exact) mass is 332 g/mol. The van der Waals surface area contributed by atoms with Crippen molar-refractivity contribution in [2.75, 3.05) is 19.6 Å². The number of likely N-dealkylation sites (tertiary alicyclic amines) is 1. The van der Waals surface area contributed by atoms with Crippen molar-refractivity contribution < 1.29 is 4.79 Å². The maximum atomic E-state index is 11.8. The molecular formula is C19H32N4O. The third kappa shape index (κ3) is 4.94. The molecule has 0 bridgehead atoms. The van der Waals surface area contributed by atoms with E-state index < -0.39 is 0 Å². The quantitative estimate of drug-likeness (QED) is 0.815. The topological polar surface area (TPSA) is 50.2 Å². The number of hydrogen-bond donors (Lipinski definition) is 1. The molecule has 1 aliphatic rings. The van der Waals surface area contributed by atoms with Gasteiger partial charge in [-0.05, 0) is 59.9 Å². The lowest BCUT2D eigenvalue weighted by Crippen LogP contribution is -2.40. The summed E-state index contributed by atoms with van der Waals surface area (Å²) < 4.78 is 2.09. The largest absolute Gasteiger partial charge is 0.352 e. The summed E-state index contributed by atoms with van der Waals surface area (Å²) in [5.41, 5.74) is 4.84. The predicted octanol–water partition coefficient (Wildman–Crippen LogP) is 2.81. The minimum atomic E-state index is 0.0306. The summed E-state index contributed by atoms with van der Waals surface area (Å²) in [4.78, 5) is 14.3. The molecule has 1 atom stereocenters. The van der Waals surface area contributed by atoms with Crippen LogP contribution in [-0.2, 0) is 17.9 Å². The first-order chi connectivity index (χ1) is 11.4. The first kappa shape index (κ1) is 18.7. The van der Waals surface area contributed by atoms with Gasteiger partial charge in [-0.3, -0.25) is 14.4 Å². The van der Waals surface area contributed by atoms with Gasteiger partial charge in [-0.25, -0.2) is 0 Å². The summed E-state index contributed by atoms with van der Waals surface area (Å²) >= 11 is 0. The van der Waals surface area contributed by atoms with E-state index in [4.69, 9.17) is 0 Å². The Morgan fingerprint density at radius 3 is 2.75 bits per heavy atom. The zero-order valence-corrected chi connectivity index (χ0v) is 15.9. The summed E-state index contributed by atoms with van der Waals surface area (Å²) in [7, 11) is 0. The minimum absolute atomic E-state index is 0.0306. The van der Waals surface area contributed by atoms with Gasteiger partial charge in [0.2, 0.25) is 5.91 Å². The van der Waals surface area contributed by atoms with Gasteiger partial charge in [0.15, 0.2) is 0 Å². The van der Waals surface area contributed by atoms with Crippen LogP contribution >= 0.6 is 0 Å². The van der Waals surface area contributed by atoms with Crippen molar-refractivity contribution in [2.24, 2.45) is 5.92 Å². The molecule has 0 aliphatic carbocycles. The van der Waals surface area contributed by atoms with Gasteiger partial charge in [0.25, 0.3) is 0 Å². The van der Waals surface area contributed by atoms with Crippen molar-refractivity contribution in [3.63, 3.8) is 0 Å². The van der Waals surface area contributed by atoms with Crippen LogP contribution in [0.1, 0.15) is 50.6 Å². The number of allylic oxidation sites excluding steroid dienone is 1. The van der Waals surface area contributed by atoms with E-state index >= 15 is 0 Å². The zero-order chi connectivity index (χ0) is 17.7. The molecule has 0 unspecified atom stereocenters. The maximum Gasteiger partial charge on any atom is 0.243 e. The summed E-state index contributed by atoms with van der Waals surface area (Å²) in [6.45, 7) is 15.1. The molecule has 1 aliphatic heterocycles. The molecule has 1 aromatic rings. The standard InChI is InChI=1S/C19H32N4O/c1-6-23-16(5)18(15(4)21-23)13-22-9-7-8-17(12-22)11-20-19(24)10-14(2)3/h10,17H,6-9,11-13H2,1-5H3,(H,20,24)/t17-/m0/s1. The van der Waals surface area contributed by atoms with Crippen LogP contribution < -0.4 is 5.32 Å². The van der Waals surface area contributed by atoms with Gasteiger partial charge in [0.05, 0.1) is 5.69 Å². The SMILES string of the molecule is CCn1nc(C)c(CN2CCC[C@@H](CNC(=O)C=C(C)C)C2)c1C. The molecule has 1 saturated heterocycles. The van der Waals surface area contributed by atoms with E-state index in [-0.39, 0.29) is 5.91 Å². The number of nitrogens with zero attached hydrogens (tertiary/aromatic N) is 3. The molecule has 134 valence electrons. The predicted molar refractivity (Wildman–Crippen MR) is 97.8 cm³/mol. The van der Waals surface area contributed by atoms with Crippen LogP contribution in [0.2, 0.25) is 0 Å². The van der Waals surface area contributed by atoms with Crippen LogP contribution in [0.25, 0.3) is 0 Å². The summed E-state index contributed by atoms with van der Waals surface area (Å²) in [5.74, 6) is 0.568. The highest BCUT2D eigenvalue weighted by Crippen LogP contribution is 2.21. The lowest BCUT2D eigenvalue weighted by atomic mass is 9.97. The van der Waals surface area contributed by atoms with Gasteiger partial charge in [-0.15, -0.1) is 0 Å². The van der Waals surface area contributed by atoms with Crippen LogP contribution in [-0.4, -0.2) is 40.2 Å². The van der Waals surface area contributed by atoms with Crippen LogP contribution in [0.4, 0.5) is 0 Å². The Morgan fingerprint density at radius 1 is 1.38 bits per heavy atom. The number of hydrogen-bond acceptors (Lipinski definition) is 3. The normalized spacial score (nSPS) is 18.5.